The van der Waals surface area contributed by atoms with Crippen LogP contribution in [0.1, 0.15) is 106 Å². The highest BCUT2D eigenvalue weighted by atomic mass is 16.4. The fourth-order valence-corrected chi connectivity index (χ4v) is 11.5. The third kappa shape index (κ3) is 2.75. The van der Waals surface area contributed by atoms with Crippen molar-refractivity contribution in [1.82, 2.24) is 0 Å². The summed E-state index contributed by atoms with van der Waals surface area (Å²) < 4.78 is 0. The molecule has 0 aromatic rings. The Labute approximate surface area is 201 Å². The number of aliphatic hydroxyl groups is 1. The van der Waals surface area contributed by atoms with E-state index in [2.05, 4.69) is 48.1 Å². The highest BCUT2D eigenvalue weighted by molar-refractivity contribution is 5.76. The number of aliphatic carboxylic acids is 1. The van der Waals surface area contributed by atoms with Crippen molar-refractivity contribution in [3.8, 4) is 0 Å². The maximum absolute atomic E-state index is 12.8. The minimum absolute atomic E-state index is 0.0202. The van der Waals surface area contributed by atoms with Crippen LogP contribution in [-0.4, -0.2) is 22.3 Å². The van der Waals surface area contributed by atoms with Crippen molar-refractivity contribution in [3.63, 3.8) is 0 Å². The van der Waals surface area contributed by atoms with Gasteiger partial charge in [0.15, 0.2) is 0 Å². The second-order valence-corrected chi connectivity index (χ2v) is 14.5. The molecule has 0 aliphatic heterocycles. The summed E-state index contributed by atoms with van der Waals surface area (Å²) in [4.78, 5) is 12.8. The molecule has 0 heterocycles. The van der Waals surface area contributed by atoms with E-state index in [4.69, 9.17) is 0 Å². The fraction of sp³-hybridized carbons (Fsp3) is 0.900. The Hall–Kier alpha value is -0.830. The van der Waals surface area contributed by atoms with E-state index in [1.807, 2.05) is 0 Å². The number of hydrogen-bond donors (Lipinski definition) is 2. The molecule has 0 bridgehead atoms. The molecule has 5 fully saturated rings. The van der Waals surface area contributed by atoms with Gasteiger partial charge in [-0.25, -0.2) is 0 Å². The van der Waals surface area contributed by atoms with Crippen molar-refractivity contribution < 1.29 is 15.0 Å². The summed E-state index contributed by atoms with van der Waals surface area (Å²) in [6.45, 7) is 18.8. The lowest BCUT2D eigenvalue weighted by atomic mass is 9.32. The smallest absolute Gasteiger partial charge is 0.309 e. The third-order valence-corrected chi connectivity index (χ3v) is 13.5. The first-order valence-corrected chi connectivity index (χ1v) is 13.8. The topological polar surface area (TPSA) is 57.5 Å². The van der Waals surface area contributed by atoms with Gasteiger partial charge in [-0.2, -0.15) is 0 Å². The number of carboxylic acid groups (broad SMARTS) is 1. The quantitative estimate of drug-likeness (QED) is 0.436. The number of fused-ring (bicyclic) bond motifs is 7. The number of rotatable bonds is 2. The second kappa shape index (κ2) is 7.11. The van der Waals surface area contributed by atoms with Crippen molar-refractivity contribution >= 4 is 5.97 Å². The highest BCUT2D eigenvalue weighted by Gasteiger charge is 2.71. The maximum Gasteiger partial charge on any atom is 0.309 e. The van der Waals surface area contributed by atoms with Crippen molar-refractivity contribution in [2.24, 2.45) is 56.7 Å². The predicted molar refractivity (Wildman–Crippen MR) is 133 cm³/mol. The zero-order valence-corrected chi connectivity index (χ0v) is 22.0. The van der Waals surface area contributed by atoms with Crippen LogP contribution in [0.15, 0.2) is 12.2 Å². The third-order valence-electron chi connectivity index (χ3n) is 13.5. The Balaban J connectivity index is 1.57. The van der Waals surface area contributed by atoms with Crippen LogP contribution < -0.4 is 0 Å². The molecule has 1 unspecified atom stereocenters. The summed E-state index contributed by atoms with van der Waals surface area (Å²) in [5.74, 6) is 1.79. The fourth-order valence-electron chi connectivity index (χ4n) is 11.5. The van der Waals surface area contributed by atoms with Crippen LogP contribution in [0.2, 0.25) is 0 Å². The van der Waals surface area contributed by atoms with Crippen molar-refractivity contribution in [2.75, 3.05) is 0 Å². The summed E-state index contributed by atoms with van der Waals surface area (Å²) in [7, 11) is 0. The molecule has 3 heteroatoms. The monoisotopic (exact) mass is 456 g/mol. The molecule has 0 amide bonds. The number of allylic oxidation sites excluding steroid dienone is 1. The molecule has 5 rings (SSSR count). The summed E-state index contributed by atoms with van der Waals surface area (Å²) in [6.07, 6.45) is 10.5. The zero-order valence-electron chi connectivity index (χ0n) is 22.0. The first-order chi connectivity index (χ1) is 15.3. The van der Waals surface area contributed by atoms with E-state index in [0.717, 1.165) is 38.5 Å². The Morgan fingerprint density at radius 1 is 0.818 bits per heavy atom. The van der Waals surface area contributed by atoms with E-state index < -0.39 is 11.4 Å². The van der Waals surface area contributed by atoms with E-state index >= 15 is 0 Å². The van der Waals surface area contributed by atoms with Crippen LogP contribution in [0.4, 0.5) is 0 Å². The molecule has 0 aromatic heterocycles. The lowest BCUT2D eigenvalue weighted by molar-refractivity contribution is -0.248. The van der Waals surface area contributed by atoms with Crippen molar-refractivity contribution in [3.05, 3.63) is 12.2 Å². The molecule has 3 nitrogen and oxygen atoms in total. The molecule has 0 aromatic carbocycles. The average molecular weight is 457 g/mol. The van der Waals surface area contributed by atoms with Crippen LogP contribution in [0, 0.1) is 56.7 Å². The van der Waals surface area contributed by atoms with Gasteiger partial charge in [-0.1, -0.05) is 46.8 Å². The normalized spacial score (nSPS) is 55.0. The van der Waals surface area contributed by atoms with Crippen LogP contribution in [0.5, 0.6) is 0 Å². The molecule has 5 saturated carbocycles. The zero-order chi connectivity index (χ0) is 24.2. The van der Waals surface area contributed by atoms with E-state index in [9.17, 15) is 15.0 Å². The van der Waals surface area contributed by atoms with Crippen LogP contribution in [0.3, 0.4) is 0 Å². The second-order valence-electron chi connectivity index (χ2n) is 14.5. The Bertz CT molecular complexity index is 861. The van der Waals surface area contributed by atoms with Gasteiger partial charge in [0.2, 0.25) is 0 Å². The molecule has 5 aliphatic carbocycles. The lowest BCUT2D eigenvalue weighted by Crippen LogP contribution is -2.67. The Morgan fingerprint density at radius 3 is 2.15 bits per heavy atom. The number of aliphatic hydroxyl groups excluding tert-OH is 1. The maximum atomic E-state index is 12.8. The molecule has 0 saturated heterocycles. The molecule has 0 spiro atoms. The number of hydrogen-bond acceptors (Lipinski definition) is 2. The van der Waals surface area contributed by atoms with Gasteiger partial charge in [0.1, 0.15) is 0 Å². The lowest BCUT2D eigenvalue weighted by Gasteiger charge is -2.72. The molecular weight excluding hydrogens is 408 g/mol. The average Bonchev–Trinajstić information content (AvgIpc) is 3.13. The largest absolute Gasteiger partial charge is 0.481 e. The van der Waals surface area contributed by atoms with E-state index in [1.54, 1.807) is 0 Å². The Morgan fingerprint density at radius 2 is 1.52 bits per heavy atom. The van der Waals surface area contributed by atoms with Gasteiger partial charge in [0, 0.05) is 0 Å². The SMILES string of the molecule is C=C(C)[C@@H]1CCC2(C(=O)O)CC[C@]3(C)[C@H](CC[C@@H]4[C@@]5(C)CC[C@H](O)C(C)(C)[C@@H]5CC[C@]43C)[C@@H]12. The molecule has 0 radical (unpaired) electrons. The number of carboxylic acids is 1. The highest BCUT2D eigenvalue weighted by Crippen LogP contribution is 2.77. The minimum Gasteiger partial charge on any atom is -0.481 e. The van der Waals surface area contributed by atoms with E-state index in [-0.39, 0.29) is 33.7 Å². The van der Waals surface area contributed by atoms with Crippen LogP contribution in [-0.2, 0) is 4.79 Å². The Kier molecular flexibility index (Phi) is 5.15. The minimum atomic E-state index is -0.538. The molecule has 5 aliphatic rings. The molecule has 2 N–H and O–H groups in total. The van der Waals surface area contributed by atoms with Gasteiger partial charge in [0.05, 0.1) is 11.5 Å². The van der Waals surface area contributed by atoms with E-state index in [1.165, 1.54) is 31.3 Å². The summed E-state index contributed by atoms with van der Waals surface area (Å²) >= 11 is 0. The predicted octanol–water partition coefficient (Wildman–Crippen LogP) is 7.09. The van der Waals surface area contributed by atoms with Gasteiger partial charge in [-0.3, -0.25) is 4.79 Å². The number of carbonyl (C=O) groups is 1. The van der Waals surface area contributed by atoms with Crippen LogP contribution >= 0.6 is 0 Å². The van der Waals surface area contributed by atoms with Crippen molar-refractivity contribution in [2.45, 2.75) is 112 Å². The summed E-state index contributed by atoms with van der Waals surface area (Å²) in [5, 5.41) is 21.4. The summed E-state index contributed by atoms with van der Waals surface area (Å²) in [6, 6.07) is 0. The van der Waals surface area contributed by atoms with Gasteiger partial charge >= 0.3 is 5.97 Å². The molecule has 10 atom stereocenters. The summed E-state index contributed by atoms with van der Waals surface area (Å²) in [5.41, 5.74) is 1.35. The standard InChI is InChI=1S/C30H48O3/c1-18(2)19-10-15-30(25(32)33)17-16-28(6)20(24(19)30)8-9-22-27(5)13-12-23(31)26(3,4)21(27)11-14-29(22,28)7/h19-24,31H,1,8-17H2,2-7H3,(H,32,33)/t19-,20+,21-,22+,23-,24+,27-,28+,29+,30?/m0/s1. The van der Waals surface area contributed by atoms with E-state index in [0.29, 0.717) is 23.7 Å². The first kappa shape index (κ1) is 23.9. The van der Waals surface area contributed by atoms with Crippen molar-refractivity contribution in [1.29, 1.82) is 0 Å². The van der Waals surface area contributed by atoms with Gasteiger partial charge in [-0.05, 0) is 122 Å². The van der Waals surface area contributed by atoms with Gasteiger partial charge in [0.25, 0.3) is 0 Å². The first-order valence-electron chi connectivity index (χ1n) is 13.8. The van der Waals surface area contributed by atoms with Crippen LogP contribution in [0.25, 0.3) is 0 Å². The molecule has 186 valence electrons. The molecular formula is C30H48O3. The van der Waals surface area contributed by atoms with Gasteiger partial charge in [-0.15, -0.1) is 0 Å². The van der Waals surface area contributed by atoms with Gasteiger partial charge < -0.3 is 10.2 Å². The molecule has 33 heavy (non-hydrogen) atoms.